The normalized spacial score (nSPS) is 10.8. The third-order valence-corrected chi connectivity index (χ3v) is 3.91. The molecule has 0 heterocycles. The summed E-state index contributed by atoms with van der Waals surface area (Å²) in [6.07, 6.45) is 1.05. The number of thioether (sulfide) groups is 1. The molecule has 0 radical (unpaired) electrons. The average molecular weight is 274 g/mol. The van der Waals surface area contributed by atoms with Crippen LogP contribution in [-0.2, 0) is 11.3 Å². The molecular formula is C13H20ClNOS. The Morgan fingerprint density at radius 1 is 1.41 bits per heavy atom. The average Bonchev–Trinajstić information content (AvgIpc) is 2.34. The molecule has 0 bridgehead atoms. The SMILES string of the molecule is CCNCc1ccc(SCCCOC)c(Cl)c1. The second-order valence-electron chi connectivity index (χ2n) is 3.74. The smallest absolute Gasteiger partial charge is 0.0545 e. The molecule has 2 nitrogen and oxygen atoms in total. The number of halogens is 1. The zero-order valence-electron chi connectivity index (χ0n) is 10.5. The first-order chi connectivity index (χ1) is 8.27. The summed E-state index contributed by atoms with van der Waals surface area (Å²) in [7, 11) is 1.73. The van der Waals surface area contributed by atoms with Crippen LogP contribution in [-0.4, -0.2) is 26.0 Å². The van der Waals surface area contributed by atoms with E-state index in [4.69, 9.17) is 16.3 Å². The summed E-state index contributed by atoms with van der Waals surface area (Å²) in [5.74, 6) is 1.04. The number of hydrogen-bond donors (Lipinski definition) is 1. The predicted octanol–water partition coefficient (Wildman–Crippen LogP) is 3.58. The van der Waals surface area contributed by atoms with Crippen LogP contribution in [0.2, 0.25) is 5.02 Å². The summed E-state index contributed by atoms with van der Waals surface area (Å²) in [5, 5.41) is 4.14. The van der Waals surface area contributed by atoms with Gasteiger partial charge in [0.15, 0.2) is 0 Å². The van der Waals surface area contributed by atoms with Gasteiger partial charge in [-0.1, -0.05) is 24.6 Å². The molecule has 4 heteroatoms. The molecule has 0 aromatic heterocycles. The van der Waals surface area contributed by atoms with Crippen molar-refractivity contribution < 1.29 is 4.74 Å². The van der Waals surface area contributed by atoms with Crippen molar-refractivity contribution in [1.29, 1.82) is 0 Å². The Kier molecular flexibility index (Phi) is 7.69. The fourth-order valence-corrected chi connectivity index (χ4v) is 2.64. The largest absolute Gasteiger partial charge is 0.385 e. The number of nitrogens with one attached hydrogen (secondary N) is 1. The van der Waals surface area contributed by atoms with Gasteiger partial charge >= 0.3 is 0 Å². The molecule has 1 N–H and O–H groups in total. The van der Waals surface area contributed by atoms with Gasteiger partial charge < -0.3 is 10.1 Å². The summed E-state index contributed by atoms with van der Waals surface area (Å²) in [6, 6.07) is 6.28. The first-order valence-electron chi connectivity index (χ1n) is 5.88. The topological polar surface area (TPSA) is 21.3 Å². The zero-order valence-corrected chi connectivity index (χ0v) is 12.0. The Morgan fingerprint density at radius 2 is 2.24 bits per heavy atom. The lowest BCUT2D eigenvalue weighted by Crippen LogP contribution is -2.11. The second-order valence-corrected chi connectivity index (χ2v) is 5.28. The van der Waals surface area contributed by atoms with Crippen LogP contribution in [0.1, 0.15) is 18.9 Å². The van der Waals surface area contributed by atoms with Gasteiger partial charge in [0.1, 0.15) is 0 Å². The number of rotatable bonds is 8. The molecule has 1 aromatic carbocycles. The van der Waals surface area contributed by atoms with Crippen LogP contribution in [0.4, 0.5) is 0 Å². The number of hydrogen-bond acceptors (Lipinski definition) is 3. The molecule has 0 unspecified atom stereocenters. The summed E-state index contributed by atoms with van der Waals surface area (Å²) in [5.41, 5.74) is 1.23. The van der Waals surface area contributed by atoms with E-state index >= 15 is 0 Å². The minimum atomic E-state index is 0.809. The highest BCUT2D eigenvalue weighted by Crippen LogP contribution is 2.28. The van der Waals surface area contributed by atoms with Crippen molar-refractivity contribution in [2.45, 2.75) is 24.8 Å². The Labute approximate surface area is 113 Å². The highest BCUT2D eigenvalue weighted by molar-refractivity contribution is 7.99. The van der Waals surface area contributed by atoms with Gasteiger partial charge in [0.05, 0.1) is 5.02 Å². The molecule has 1 aromatic rings. The first kappa shape index (κ1) is 14.8. The van der Waals surface area contributed by atoms with Crippen LogP contribution in [0.5, 0.6) is 0 Å². The summed E-state index contributed by atoms with van der Waals surface area (Å²) >= 11 is 8.03. The highest BCUT2D eigenvalue weighted by Gasteiger charge is 2.02. The van der Waals surface area contributed by atoms with E-state index in [0.717, 1.165) is 41.8 Å². The van der Waals surface area contributed by atoms with Gasteiger partial charge in [0.25, 0.3) is 0 Å². The van der Waals surface area contributed by atoms with E-state index in [1.54, 1.807) is 18.9 Å². The van der Waals surface area contributed by atoms with Crippen LogP contribution in [0, 0.1) is 0 Å². The lowest BCUT2D eigenvalue weighted by atomic mass is 10.2. The van der Waals surface area contributed by atoms with Crippen LogP contribution in [0.3, 0.4) is 0 Å². The van der Waals surface area contributed by atoms with Crippen molar-refractivity contribution in [2.24, 2.45) is 0 Å². The summed E-state index contributed by atoms with van der Waals surface area (Å²) in [4.78, 5) is 1.16. The van der Waals surface area contributed by atoms with E-state index in [1.807, 2.05) is 6.07 Å². The predicted molar refractivity (Wildman–Crippen MR) is 76.0 cm³/mol. The van der Waals surface area contributed by atoms with Crippen LogP contribution in [0.25, 0.3) is 0 Å². The van der Waals surface area contributed by atoms with Gasteiger partial charge in [0, 0.05) is 30.9 Å². The Bertz CT molecular complexity index is 333. The molecule has 0 spiro atoms. The molecule has 0 saturated carbocycles. The maximum Gasteiger partial charge on any atom is 0.0545 e. The second kappa shape index (κ2) is 8.81. The molecular weight excluding hydrogens is 254 g/mol. The minimum Gasteiger partial charge on any atom is -0.385 e. The van der Waals surface area contributed by atoms with Crippen molar-refractivity contribution in [2.75, 3.05) is 26.0 Å². The van der Waals surface area contributed by atoms with Gasteiger partial charge in [0.2, 0.25) is 0 Å². The minimum absolute atomic E-state index is 0.809. The molecule has 0 saturated heterocycles. The van der Waals surface area contributed by atoms with Crippen molar-refractivity contribution in [3.63, 3.8) is 0 Å². The van der Waals surface area contributed by atoms with E-state index in [2.05, 4.69) is 24.4 Å². The fourth-order valence-electron chi connectivity index (χ4n) is 1.43. The Hall–Kier alpha value is -0.220. The maximum atomic E-state index is 6.24. The fraction of sp³-hybridized carbons (Fsp3) is 0.538. The quantitative estimate of drug-likeness (QED) is 0.578. The van der Waals surface area contributed by atoms with Crippen molar-refractivity contribution in [3.05, 3.63) is 28.8 Å². The van der Waals surface area contributed by atoms with E-state index in [-0.39, 0.29) is 0 Å². The molecule has 0 atom stereocenters. The molecule has 0 aliphatic heterocycles. The zero-order chi connectivity index (χ0) is 12.5. The van der Waals surface area contributed by atoms with Gasteiger partial charge in [-0.2, -0.15) is 0 Å². The molecule has 0 aliphatic rings. The summed E-state index contributed by atoms with van der Waals surface area (Å²) < 4.78 is 5.02. The van der Waals surface area contributed by atoms with Crippen LogP contribution in [0.15, 0.2) is 23.1 Å². The van der Waals surface area contributed by atoms with E-state index in [0.29, 0.717) is 0 Å². The monoisotopic (exact) mass is 273 g/mol. The maximum absolute atomic E-state index is 6.24. The van der Waals surface area contributed by atoms with Crippen molar-refractivity contribution in [3.8, 4) is 0 Å². The van der Waals surface area contributed by atoms with Crippen molar-refractivity contribution >= 4 is 23.4 Å². The van der Waals surface area contributed by atoms with Gasteiger partial charge in [-0.15, -0.1) is 11.8 Å². The highest BCUT2D eigenvalue weighted by atomic mass is 35.5. The van der Waals surface area contributed by atoms with E-state index in [9.17, 15) is 0 Å². The number of methoxy groups -OCH3 is 1. The van der Waals surface area contributed by atoms with Gasteiger partial charge in [-0.3, -0.25) is 0 Å². The van der Waals surface area contributed by atoms with Crippen LogP contribution < -0.4 is 5.32 Å². The Morgan fingerprint density at radius 3 is 2.88 bits per heavy atom. The number of benzene rings is 1. The van der Waals surface area contributed by atoms with Crippen LogP contribution >= 0.6 is 23.4 Å². The Balaban J connectivity index is 2.45. The molecule has 1 rings (SSSR count). The summed E-state index contributed by atoms with van der Waals surface area (Å²) in [6.45, 7) is 4.76. The van der Waals surface area contributed by atoms with Gasteiger partial charge in [-0.25, -0.2) is 0 Å². The van der Waals surface area contributed by atoms with E-state index < -0.39 is 0 Å². The molecule has 17 heavy (non-hydrogen) atoms. The third-order valence-electron chi connectivity index (χ3n) is 2.33. The lowest BCUT2D eigenvalue weighted by molar-refractivity contribution is 0.200. The molecule has 0 amide bonds. The van der Waals surface area contributed by atoms with E-state index in [1.165, 1.54) is 5.56 Å². The number of ether oxygens (including phenoxy) is 1. The molecule has 0 fully saturated rings. The molecule has 0 aliphatic carbocycles. The first-order valence-corrected chi connectivity index (χ1v) is 7.25. The lowest BCUT2D eigenvalue weighted by Gasteiger charge is -2.07. The third kappa shape index (κ3) is 5.77. The van der Waals surface area contributed by atoms with Crippen molar-refractivity contribution in [1.82, 2.24) is 5.32 Å². The standard InChI is InChI=1S/C13H20ClNOS/c1-3-15-10-11-5-6-13(12(14)9-11)17-8-4-7-16-2/h5-6,9,15H,3-4,7-8,10H2,1-2H3. The molecule has 96 valence electrons. The van der Waals surface area contributed by atoms with Gasteiger partial charge in [-0.05, 0) is 30.7 Å².